The second-order valence-electron chi connectivity index (χ2n) is 2.82. The van der Waals surface area contributed by atoms with Crippen LogP contribution in [-0.4, -0.2) is 24.1 Å². The first-order chi connectivity index (χ1) is 6.34. The van der Waals surface area contributed by atoms with Crippen LogP contribution >= 0.6 is 11.6 Å². The standard InChI is InChI=1S/C10H14ClNO/c11-6-7-12-8-10(13)9-4-2-1-3-5-9/h1-5,10,12-13H,6-8H2/t10-/m1/s1. The number of aliphatic hydroxyl groups excluding tert-OH is 1. The Kier molecular flexibility index (Phi) is 4.83. The fourth-order valence-corrected chi connectivity index (χ4v) is 1.23. The lowest BCUT2D eigenvalue weighted by Gasteiger charge is -2.10. The lowest BCUT2D eigenvalue weighted by molar-refractivity contribution is 0.175. The second kappa shape index (κ2) is 5.97. The van der Waals surface area contributed by atoms with E-state index in [0.717, 1.165) is 12.1 Å². The SMILES string of the molecule is O[C@H](CNCCCl)c1ccccc1. The summed E-state index contributed by atoms with van der Waals surface area (Å²) in [5.74, 6) is 0.571. The predicted molar refractivity (Wildman–Crippen MR) is 55.0 cm³/mol. The van der Waals surface area contributed by atoms with Gasteiger partial charge in [-0.3, -0.25) is 0 Å². The van der Waals surface area contributed by atoms with Crippen LogP contribution in [0.25, 0.3) is 0 Å². The molecule has 0 radical (unpaired) electrons. The zero-order valence-electron chi connectivity index (χ0n) is 7.41. The lowest BCUT2D eigenvalue weighted by Crippen LogP contribution is -2.23. The van der Waals surface area contributed by atoms with Crippen molar-refractivity contribution < 1.29 is 5.11 Å². The Bertz CT molecular complexity index is 228. The Morgan fingerprint density at radius 3 is 2.62 bits per heavy atom. The molecule has 0 aliphatic heterocycles. The summed E-state index contributed by atoms with van der Waals surface area (Å²) in [4.78, 5) is 0. The van der Waals surface area contributed by atoms with Gasteiger partial charge in [-0.15, -0.1) is 11.6 Å². The van der Waals surface area contributed by atoms with Gasteiger partial charge in [0.2, 0.25) is 0 Å². The first-order valence-electron chi connectivity index (χ1n) is 4.34. The topological polar surface area (TPSA) is 32.3 Å². The number of alkyl halides is 1. The van der Waals surface area contributed by atoms with Crippen molar-refractivity contribution in [1.29, 1.82) is 0 Å². The van der Waals surface area contributed by atoms with Crippen molar-refractivity contribution in [2.24, 2.45) is 0 Å². The first kappa shape index (κ1) is 10.5. The van der Waals surface area contributed by atoms with Crippen LogP contribution in [0.1, 0.15) is 11.7 Å². The van der Waals surface area contributed by atoms with E-state index in [0.29, 0.717) is 12.4 Å². The van der Waals surface area contributed by atoms with Crippen molar-refractivity contribution in [3.8, 4) is 0 Å². The summed E-state index contributed by atoms with van der Waals surface area (Å²) in [6, 6.07) is 9.59. The monoisotopic (exact) mass is 199 g/mol. The Balaban J connectivity index is 2.35. The maximum atomic E-state index is 9.64. The molecule has 0 aromatic heterocycles. The molecule has 0 fully saturated rings. The molecule has 1 aromatic rings. The van der Waals surface area contributed by atoms with E-state index in [2.05, 4.69) is 5.32 Å². The van der Waals surface area contributed by atoms with E-state index in [-0.39, 0.29) is 0 Å². The minimum Gasteiger partial charge on any atom is -0.387 e. The third-order valence-corrected chi connectivity index (χ3v) is 1.98. The van der Waals surface area contributed by atoms with Crippen LogP contribution in [0, 0.1) is 0 Å². The fourth-order valence-electron chi connectivity index (χ4n) is 1.10. The van der Waals surface area contributed by atoms with E-state index in [1.54, 1.807) is 0 Å². The third kappa shape index (κ3) is 3.77. The van der Waals surface area contributed by atoms with Crippen LogP contribution < -0.4 is 5.32 Å². The number of nitrogens with one attached hydrogen (secondary N) is 1. The Morgan fingerprint density at radius 2 is 2.00 bits per heavy atom. The minimum absolute atomic E-state index is 0.440. The fraction of sp³-hybridized carbons (Fsp3) is 0.400. The molecule has 0 saturated carbocycles. The van der Waals surface area contributed by atoms with Crippen LogP contribution in [0.5, 0.6) is 0 Å². The molecule has 13 heavy (non-hydrogen) atoms. The van der Waals surface area contributed by atoms with Crippen LogP contribution in [-0.2, 0) is 0 Å². The van der Waals surface area contributed by atoms with Crippen molar-refractivity contribution in [3.63, 3.8) is 0 Å². The zero-order chi connectivity index (χ0) is 9.52. The molecular formula is C10H14ClNO. The summed E-state index contributed by atoms with van der Waals surface area (Å²) in [7, 11) is 0. The predicted octanol–water partition coefficient (Wildman–Crippen LogP) is 1.55. The molecule has 0 heterocycles. The molecule has 0 unspecified atom stereocenters. The molecule has 1 aromatic carbocycles. The lowest BCUT2D eigenvalue weighted by atomic mass is 10.1. The van der Waals surface area contributed by atoms with Crippen molar-refractivity contribution in [1.82, 2.24) is 5.32 Å². The molecule has 0 amide bonds. The number of rotatable bonds is 5. The molecule has 0 saturated heterocycles. The van der Waals surface area contributed by atoms with Gasteiger partial charge in [-0.05, 0) is 5.56 Å². The molecular weight excluding hydrogens is 186 g/mol. The highest BCUT2D eigenvalue weighted by Crippen LogP contribution is 2.09. The maximum Gasteiger partial charge on any atom is 0.0914 e. The second-order valence-corrected chi connectivity index (χ2v) is 3.20. The molecule has 72 valence electrons. The first-order valence-corrected chi connectivity index (χ1v) is 4.87. The van der Waals surface area contributed by atoms with Crippen LogP contribution in [0.2, 0.25) is 0 Å². The summed E-state index contributed by atoms with van der Waals surface area (Å²) >= 11 is 5.49. The molecule has 1 rings (SSSR count). The average molecular weight is 200 g/mol. The number of halogens is 1. The van der Waals surface area contributed by atoms with Gasteiger partial charge in [0, 0.05) is 19.0 Å². The zero-order valence-corrected chi connectivity index (χ0v) is 8.17. The van der Waals surface area contributed by atoms with Gasteiger partial charge in [0.05, 0.1) is 6.10 Å². The van der Waals surface area contributed by atoms with Gasteiger partial charge in [-0.1, -0.05) is 30.3 Å². The van der Waals surface area contributed by atoms with Gasteiger partial charge >= 0.3 is 0 Å². The number of benzene rings is 1. The normalized spacial score (nSPS) is 12.8. The maximum absolute atomic E-state index is 9.64. The van der Waals surface area contributed by atoms with Gasteiger partial charge in [0.1, 0.15) is 0 Å². The van der Waals surface area contributed by atoms with Crippen LogP contribution in [0.4, 0.5) is 0 Å². The van der Waals surface area contributed by atoms with Crippen molar-refractivity contribution in [3.05, 3.63) is 35.9 Å². The minimum atomic E-state index is -0.440. The number of aliphatic hydroxyl groups is 1. The van der Waals surface area contributed by atoms with Crippen molar-refractivity contribution >= 4 is 11.6 Å². The van der Waals surface area contributed by atoms with E-state index in [1.807, 2.05) is 30.3 Å². The van der Waals surface area contributed by atoms with Gasteiger partial charge in [0.15, 0.2) is 0 Å². The highest BCUT2D eigenvalue weighted by molar-refractivity contribution is 6.18. The summed E-state index contributed by atoms with van der Waals surface area (Å²) in [6.45, 7) is 1.28. The highest BCUT2D eigenvalue weighted by Gasteiger charge is 2.04. The summed E-state index contributed by atoms with van der Waals surface area (Å²) in [5.41, 5.74) is 0.935. The number of hydrogen-bond acceptors (Lipinski definition) is 2. The Labute approximate surface area is 83.5 Å². The average Bonchev–Trinajstić information content (AvgIpc) is 2.19. The summed E-state index contributed by atoms with van der Waals surface area (Å²) in [6.07, 6.45) is -0.440. The molecule has 1 atom stereocenters. The van der Waals surface area contributed by atoms with Gasteiger partial charge < -0.3 is 10.4 Å². The third-order valence-electron chi connectivity index (χ3n) is 1.79. The number of hydrogen-bond donors (Lipinski definition) is 2. The van der Waals surface area contributed by atoms with E-state index in [9.17, 15) is 5.11 Å². The van der Waals surface area contributed by atoms with E-state index >= 15 is 0 Å². The van der Waals surface area contributed by atoms with Gasteiger partial charge in [-0.2, -0.15) is 0 Å². The van der Waals surface area contributed by atoms with E-state index < -0.39 is 6.10 Å². The quantitative estimate of drug-likeness (QED) is 0.557. The molecule has 2 N–H and O–H groups in total. The molecule has 0 spiro atoms. The highest BCUT2D eigenvalue weighted by atomic mass is 35.5. The molecule has 0 aliphatic carbocycles. The van der Waals surface area contributed by atoms with Gasteiger partial charge in [0.25, 0.3) is 0 Å². The van der Waals surface area contributed by atoms with Crippen LogP contribution in [0.15, 0.2) is 30.3 Å². The molecule has 3 heteroatoms. The summed E-state index contributed by atoms with van der Waals surface area (Å²) < 4.78 is 0. The van der Waals surface area contributed by atoms with Crippen molar-refractivity contribution in [2.75, 3.05) is 19.0 Å². The van der Waals surface area contributed by atoms with E-state index in [1.165, 1.54) is 0 Å². The Morgan fingerprint density at radius 1 is 1.31 bits per heavy atom. The largest absolute Gasteiger partial charge is 0.387 e. The molecule has 0 aliphatic rings. The molecule has 0 bridgehead atoms. The molecule has 2 nitrogen and oxygen atoms in total. The van der Waals surface area contributed by atoms with Crippen molar-refractivity contribution in [2.45, 2.75) is 6.10 Å². The van der Waals surface area contributed by atoms with Crippen LogP contribution in [0.3, 0.4) is 0 Å². The summed E-state index contributed by atoms with van der Waals surface area (Å²) in [5, 5.41) is 12.7. The smallest absolute Gasteiger partial charge is 0.0914 e. The van der Waals surface area contributed by atoms with Gasteiger partial charge in [-0.25, -0.2) is 0 Å². The Hall–Kier alpha value is -0.570. The van der Waals surface area contributed by atoms with E-state index in [4.69, 9.17) is 11.6 Å².